The predicted molar refractivity (Wildman–Crippen MR) is 118 cm³/mol. The van der Waals surface area contributed by atoms with Crippen LogP contribution in [-0.2, 0) is 0 Å². The Morgan fingerprint density at radius 2 is 1.60 bits per heavy atom. The van der Waals surface area contributed by atoms with Crippen LogP contribution in [0.25, 0.3) is 22.3 Å². The quantitative estimate of drug-likeness (QED) is 0.593. The van der Waals surface area contributed by atoms with E-state index in [1.807, 2.05) is 12.1 Å². The van der Waals surface area contributed by atoms with Gasteiger partial charge in [-0.25, -0.2) is 0 Å². The number of fused-ring (bicyclic) bond motifs is 1. The van der Waals surface area contributed by atoms with Crippen molar-refractivity contribution in [2.75, 3.05) is 33.2 Å². The molecule has 1 saturated heterocycles. The molecule has 1 aliphatic carbocycles. The summed E-state index contributed by atoms with van der Waals surface area (Å²) >= 11 is 2.54. The van der Waals surface area contributed by atoms with Crippen LogP contribution in [0, 0.1) is 0 Å². The Morgan fingerprint density at radius 3 is 2.30 bits per heavy atom. The van der Waals surface area contributed by atoms with E-state index in [0.717, 1.165) is 39.6 Å². The molecule has 1 aromatic carbocycles. The molecule has 8 heteroatoms. The van der Waals surface area contributed by atoms with Gasteiger partial charge in [-0.3, -0.25) is 0 Å². The molecular formula is C22H27AsN6O. The van der Waals surface area contributed by atoms with E-state index in [-0.39, 0.29) is 5.75 Å². The van der Waals surface area contributed by atoms with E-state index in [9.17, 15) is 5.11 Å². The molecule has 3 aromatic rings. The van der Waals surface area contributed by atoms with E-state index in [1.165, 1.54) is 39.0 Å². The molecule has 0 atom stereocenters. The second-order valence-electron chi connectivity index (χ2n) is 8.54. The maximum absolute atomic E-state index is 9.67. The van der Waals surface area contributed by atoms with Crippen LogP contribution in [0.2, 0.25) is 0 Å². The topological polar surface area (TPSA) is 70.3 Å². The molecule has 3 heterocycles. The maximum atomic E-state index is 9.67. The number of nitrogens with zero attached hydrogens (tertiary/aromatic N) is 6. The summed E-state index contributed by atoms with van der Waals surface area (Å²) < 4.78 is 3.02. The summed E-state index contributed by atoms with van der Waals surface area (Å²) in [6.45, 7) is 4.72. The molecule has 1 saturated carbocycles. The van der Waals surface area contributed by atoms with Gasteiger partial charge in [-0.15, -0.1) is 0 Å². The van der Waals surface area contributed by atoms with Gasteiger partial charge in [-0.2, -0.15) is 0 Å². The molecule has 0 unspecified atom stereocenters. The number of rotatable bonds is 3. The van der Waals surface area contributed by atoms with Crippen LogP contribution in [0.5, 0.6) is 5.75 Å². The first-order chi connectivity index (χ1) is 14.6. The fourth-order valence-corrected chi connectivity index (χ4v) is 5.43. The van der Waals surface area contributed by atoms with Crippen LogP contribution in [-0.4, -0.2) is 90.8 Å². The van der Waals surface area contributed by atoms with Crippen molar-refractivity contribution < 1.29 is 5.11 Å². The van der Waals surface area contributed by atoms with Crippen molar-refractivity contribution >= 4 is 32.4 Å². The number of piperazine rings is 1. The van der Waals surface area contributed by atoms with Crippen molar-refractivity contribution in [2.45, 2.75) is 37.8 Å². The fraction of sp³-hybridized carbons (Fsp3) is 0.500. The second-order valence-corrected chi connectivity index (χ2v) is 9.43. The van der Waals surface area contributed by atoms with E-state index in [2.05, 4.69) is 48.4 Å². The Hall–Kier alpha value is -1.95. The number of hydrogen-bond donors (Lipinski definition) is 1. The van der Waals surface area contributed by atoms with Crippen molar-refractivity contribution in [3.8, 4) is 17.0 Å². The van der Waals surface area contributed by atoms with Gasteiger partial charge in [0.05, 0.1) is 0 Å². The Morgan fingerprint density at radius 1 is 0.933 bits per heavy atom. The van der Waals surface area contributed by atoms with Crippen LogP contribution in [0.4, 0.5) is 0 Å². The van der Waals surface area contributed by atoms with Gasteiger partial charge in [-0.1, -0.05) is 0 Å². The van der Waals surface area contributed by atoms with Gasteiger partial charge in [0.2, 0.25) is 0 Å². The molecule has 156 valence electrons. The zero-order chi connectivity index (χ0) is 20.7. The molecular weight excluding hydrogens is 439 g/mol. The summed E-state index contributed by atoms with van der Waals surface area (Å²) in [5.74, 6) is 0.258. The van der Waals surface area contributed by atoms with Crippen molar-refractivity contribution in [1.82, 2.24) is 29.5 Å². The Labute approximate surface area is 185 Å². The van der Waals surface area contributed by atoms with Gasteiger partial charge in [0.15, 0.2) is 0 Å². The molecule has 30 heavy (non-hydrogen) atoms. The standard InChI is InChI=1S/C22H27AsN6O/c1-27-10-12-28(13-11-27)16-4-6-17(7-5-16)29-22-19(21(23)24-14-25-22)20(26-29)15-2-8-18(30)9-3-15/h2-3,8-9,14,16-17,30H,4-7,10-13H2,1H3. The second kappa shape index (κ2) is 8.29. The molecule has 1 aliphatic heterocycles. The minimum atomic E-state index is 0.258. The average molecular weight is 466 g/mol. The number of phenolic OH excluding ortho intramolecular Hbond substituents is 1. The molecule has 0 amide bonds. The minimum absolute atomic E-state index is 0.258. The Balaban J connectivity index is 1.41. The molecule has 2 aromatic heterocycles. The SMILES string of the molecule is CN1CCN(C2CCC(n3nc(-c4ccc(O)cc4)c4c([As])ncnc43)CC2)CC1. The van der Waals surface area contributed by atoms with E-state index >= 15 is 0 Å². The number of phenols is 1. The van der Waals surface area contributed by atoms with Crippen LogP contribution in [0.15, 0.2) is 30.6 Å². The first-order valence-electron chi connectivity index (χ1n) is 10.7. The number of aromatic hydroxyl groups is 1. The molecule has 2 radical (unpaired) electrons. The van der Waals surface area contributed by atoms with E-state index in [4.69, 9.17) is 5.10 Å². The third kappa shape index (κ3) is 3.75. The fourth-order valence-electron chi connectivity index (χ4n) is 4.89. The van der Waals surface area contributed by atoms with E-state index in [0.29, 0.717) is 12.1 Å². The van der Waals surface area contributed by atoms with Crippen LogP contribution >= 0.6 is 0 Å². The van der Waals surface area contributed by atoms with E-state index < -0.39 is 0 Å². The zero-order valence-electron chi connectivity index (χ0n) is 17.3. The third-order valence-corrected chi connectivity index (χ3v) is 7.39. The van der Waals surface area contributed by atoms with Gasteiger partial charge < -0.3 is 0 Å². The van der Waals surface area contributed by atoms with Crippen molar-refractivity contribution in [2.24, 2.45) is 0 Å². The summed E-state index contributed by atoms with van der Waals surface area (Å²) in [6.07, 6.45) is 6.31. The molecule has 0 spiro atoms. The number of benzene rings is 1. The Kier molecular flexibility index (Phi) is 5.52. The first kappa shape index (κ1) is 20.0. The summed E-state index contributed by atoms with van der Waals surface area (Å²) in [5.41, 5.74) is 2.78. The van der Waals surface area contributed by atoms with Crippen molar-refractivity contribution in [3.63, 3.8) is 0 Å². The van der Waals surface area contributed by atoms with Crippen molar-refractivity contribution in [1.29, 1.82) is 0 Å². The predicted octanol–water partition coefficient (Wildman–Crippen LogP) is 1.72. The summed E-state index contributed by atoms with van der Waals surface area (Å²) in [5, 5.41) is 15.7. The normalized spacial score (nSPS) is 23.8. The third-order valence-electron chi connectivity index (χ3n) is 6.68. The van der Waals surface area contributed by atoms with Gasteiger partial charge in [0.25, 0.3) is 0 Å². The molecule has 0 bridgehead atoms. The van der Waals surface area contributed by atoms with Gasteiger partial charge in [-0.05, 0) is 7.05 Å². The van der Waals surface area contributed by atoms with Gasteiger partial charge >= 0.3 is 179 Å². The molecule has 2 fully saturated rings. The van der Waals surface area contributed by atoms with Gasteiger partial charge in [0, 0.05) is 0 Å². The first-order valence-corrected chi connectivity index (χ1v) is 11.7. The molecule has 1 N–H and O–H groups in total. The summed E-state index contributed by atoms with van der Waals surface area (Å²) in [4.78, 5) is 14.1. The van der Waals surface area contributed by atoms with Crippen molar-refractivity contribution in [3.05, 3.63) is 30.6 Å². The Bertz CT molecular complexity index is 1020. The van der Waals surface area contributed by atoms with Crippen LogP contribution in [0.1, 0.15) is 31.7 Å². The summed E-state index contributed by atoms with van der Waals surface area (Å²) in [7, 11) is 2.21. The zero-order valence-corrected chi connectivity index (χ0v) is 19.2. The molecule has 7 nitrogen and oxygen atoms in total. The summed E-state index contributed by atoms with van der Waals surface area (Å²) in [6, 6.07) is 8.28. The molecule has 2 aliphatic rings. The molecule has 5 rings (SSSR count). The van der Waals surface area contributed by atoms with Crippen LogP contribution < -0.4 is 4.48 Å². The number of likely N-dealkylation sites (N-methyl/N-ethyl adjacent to an activating group) is 1. The monoisotopic (exact) mass is 466 g/mol. The number of aromatic nitrogens is 4. The number of hydrogen-bond acceptors (Lipinski definition) is 6. The van der Waals surface area contributed by atoms with Gasteiger partial charge in [0.1, 0.15) is 0 Å². The van der Waals surface area contributed by atoms with E-state index in [1.54, 1.807) is 18.5 Å². The van der Waals surface area contributed by atoms with Crippen LogP contribution in [0.3, 0.4) is 0 Å². The average Bonchev–Trinajstić information content (AvgIpc) is 3.16.